The molecule has 2 nitrogen and oxygen atoms in total. The van der Waals surface area contributed by atoms with Crippen molar-refractivity contribution in [2.45, 2.75) is 13.0 Å². The van der Waals surface area contributed by atoms with Crippen molar-refractivity contribution in [3.05, 3.63) is 35.6 Å². The van der Waals surface area contributed by atoms with Gasteiger partial charge in [0.2, 0.25) is 0 Å². The smallest absolute Gasteiger partial charge is 0.123 e. The molecule has 0 bridgehead atoms. The van der Waals surface area contributed by atoms with E-state index in [1.807, 2.05) is 5.48 Å². The summed E-state index contributed by atoms with van der Waals surface area (Å²) >= 11 is 0. The van der Waals surface area contributed by atoms with Crippen molar-refractivity contribution in [3.63, 3.8) is 0 Å². The molecular formula is C8H10FNO. The molecule has 1 aromatic carbocycles. The Hall–Kier alpha value is -0.930. The maximum atomic E-state index is 12.6. The molecule has 2 N–H and O–H groups in total. The fourth-order valence-electron chi connectivity index (χ4n) is 0.850. The number of nitrogens with one attached hydrogen (secondary N) is 1. The Morgan fingerprint density at radius 1 is 1.55 bits per heavy atom. The van der Waals surface area contributed by atoms with Crippen molar-refractivity contribution < 1.29 is 9.60 Å². The van der Waals surface area contributed by atoms with Gasteiger partial charge in [-0.05, 0) is 24.6 Å². The van der Waals surface area contributed by atoms with Gasteiger partial charge < -0.3 is 5.21 Å². The second kappa shape index (κ2) is 3.46. The van der Waals surface area contributed by atoms with Crippen molar-refractivity contribution in [2.75, 3.05) is 0 Å². The van der Waals surface area contributed by atoms with Gasteiger partial charge in [0, 0.05) is 0 Å². The zero-order valence-electron chi connectivity index (χ0n) is 6.21. The minimum absolute atomic E-state index is 0.231. The van der Waals surface area contributed by atoms with Gasteiger partial charge in [0.15, 0.2) is 0 Å². The van der Waals surface area contributed by atoms with Crippen molar-refractivity contribution in [1.82, 2.24) is 5.48 Å². The van der Waals surface area contributed by atoms with Crippen LogP contribution in [0.5, 0.6) is 0 Å². The SMILES string of the molecule is C[C@H](NO)c1cccc(F)c1. The fraction of sp³-hybridized carbons (Fsp3) is 0.250. The molecule has 0 aliphatic carbocycles. The third-order valence-corrected chi connectivity index (χ3v) is 1.54. The molecule has 11 heavy (non-hydrogen) atoms. The third kappa shape index (κ3) is 2.00. The van der Waals surface area contributed by atoms with E-state index in [4.69, 9.17) is 5.21 Å². The number of hydrogen-bond donors (Lipinski definition) is 2. The molecule has 0 aliphatic heterocycles. The summed E-state index contributed by atoms with van der Waals surface area (Å²) < 4.78 is 12.6. The predicted molar refractivity (Wildman–Crippen MR) is 39.7 cm³/mol. The quantitative estimate of drug-likeness (QED) is 0.639. The molecule has 0 radical (unpaired) electrons. The molecule has 0 saturated heterocycles. The second-order valence-corrected chi connectivity index (χ2v) is 2.41. The Bertz CT molecular complexity index is 239. The molecule has 1 rings (SSSR count). The molecule has 1 aromatic rings. The molecule has 0 heterocycles. The highest BCUT2D eigenvalue weighted by molar-refractivity contribution is 5.18. The minimum atomic E-state index is -0.287. The first-order valence-electron chi connectivity index (χ1n) is 3.39. The highest BCUT2D eigenvalue weighted by Gasteiger charge is 2.02. The average molecular weight is 155 g/mol. The minimum Gasteiger partial charge on any atom is -0.316 e. The van der Waals surface area contributed by atoms with E-state index >= 15 is 0 Å². The molecule has 0 unspecified atom stereocenters. The number of benzene rings is 1. The molecule has 0 spiro atoms. The van der Waals surface area contributed by atoms with Crippen molar-refractivity contribution in [3.8, 4) is 0 Å². The average Bonchev–Trinajstić information content (AvgIpc) is 2.03. The lowest BCUT2D eigenvalue weighted by molar-refractivity contribution is 0.133. The van der Waals surface area contributed by atoms with Gasteiger partial charge in [-0.25, -0.2) is 4.39 Å². The first-order chi connectivity index (χ1) is 5.24. The molecule has 1 atom stereocenters. The molecule has 0 aromatic heterocycles. The molecule has 0 fully saturated rings. The highest BCUT2D eigenvalue weighted by Crippen LogP contribution is 2.11. The summed E-state index contributed by atoms with van der Waals surface area (Å²) in [6, 6.07) is 5.88. The van der Waals surface area contributed by atoms with Crippen LogP contribution in [0.2, 0.25) is 0 Å². The van der Waals surface area contributed by atoms with E-state index in [1.54, 1.807) is 19.1 Å². The molecule has 60 valence electrons. The molecule has 3 heteroatoms. The van der Waals surface area contributed by atoms with E-state index in [1.165, 1.54) is 12.1 Å². The van der Waals surface area contributed by atoms with E-state index in [-0.39, 0.29) is 11.9 Å². The monoisotopic (exact) mass is 155 g/mol. The Balaban J connectivity index is 2.86. The van der Waals surface area contributed by atoms with Gasteiger partial charge in [-0.2, -0.15) is 5.48 Å². The van der Waals surface area contributed by atoms with E-state index in [0.29, 0.717) is 0 Å². The van der Waals surface area contributed by atoms with E-state index in [2.05, 4.69) is 0 Å². The van der Waals surface area contributed by atoms with Crippen LogP contribution in [0.4, 0.5) is 4.39 Å². The van der Waals surface area contributed by atoms with Crippen LogP contribution >= 0.6 is 0 Å². The maximum absolute atomic E-state index is 12.6. The molecular weight excluding hydrogens is 145 g/mol. The Labute approximate surface area is 64.6 Å². The van der Waals surface area contributed by atoms with Crippen LogP contribution in [0, 0.1) is 5.82 Å². The Morgan fingerprint density at radius 2 is 2.27 bits per heavy atom. The number of hydrogen-bond acceptors (Lipinski definition) is 2. The van der Waals surface area contributed by atoms with Gasteiger partial charge in [0.1, 0.15) is 5.82 Å². The maximum Gasteiger partial charge on any atom is 0.123 e. The van der Waals surface area contributed by atoms with Crippen molar-refractivity contribution in [1.29, 1.82) is 0 Å². The summed E-state index contributed by atoms with van der Waals surface area (Å²) in [5, 5.41) is 8.51. The van der Waals surface area contributed by atoms with Gasteiger partial charge in [-0.15, -0.1) is 0 Å². The van der Waals surface area contributed by atoms with E-state index in [9.17, 15) is 4.39 Å². The van der Waals surface area contributed by atoms with Crippen LogP contribution < -0.4 is 5.48 Å². The summed E-state index contributed by atoms with van der Waals surface area (Å²) in [6.45, 7) is 1.74. The largest absolute Gasteiger partial charge is 0.316 e. The first kappa shape index (κ1) is 8.17. The summed E-state index contributed by atoms with van der Waals surface area (Å²) in [5.74, 6) is -0.287. The van der Waals surface area contributed by atoms with Gasteiger partial charge in [0.05, 0.1) is 6.04 Å². The summed E-state index contributed by atoms with van der Waals surface area (Å²) in [5.41, 5.74) is 2.77. The van der Waals surface area contributed by atoms with Crippen LogP contribution in [-0.4, -0.2) is 5.21 Å². The Morgan fingerprint density at radius 3 is 2.82 bits per heavy atom. The van der Waals surface area contributed by atoms with Crippen LogP contribution in [-0.2, 0) is 0 Å². The number of halogens is 1. The van der Waals surface area contributed by atoms with Gasteiger partial charge in [-0.1, -0.05) is 12.1 Å². The fourth-order valence-corrected chi connectivity index (χ4v) is 0.850. The summed E-state index contributed by atoms with van der Waals surface area (Å²) in [7, 11) is 0. The zero-order valence-corrected chi connectivity index (χ0v) is 6.21. The summed E-state index contributed by atoms with van der Waals surface area (Å²) in [6.07, 6.45) is 0. The lowest BCUT2D eigenvalue weighted by atomic mass is 10.1. The second-order valence-electron chi connectivity index (χ2n) is 2.41. The normalized spacial score (nSPS) is 13.0. The molecule has 0 amide bonds. The van der Waals surface area contributed by atoms with Crippen molar-refractivity contribution >= 4 is 0 Å². The lowest BCUT2D eigenvalue weighted by Crippen LogP contribution is -2.12. The number of rotatable bonds is 2. The van der Waals surface area contributed by atoms with E-state index < -0.39 is 0 Å². The van der Waals surface area contributed by atoms with Gasteiger partial charge in [0.25, 0.3) is 0 Å². The standard InChI is InChI=1S/C8H10FNO/c1-6(10-11)7-3-2-4-8(9)5-7/h2-6,10-11H,1H3/t6-/m0/s1. The molecule has 0 saturated carbocycles. The summed E-state index contributed by atoms with van der Waals surface area (Å²) in [4.78, 5) is 0. The highest BCUT2D eigenvalue weighted by atomic mass is 19.1. The van der Waals surface area contributed by atoms with Crippen LogP contribution in [0.15, 0.2) is 24.3 Å². The van der Waals surface area contributed by atoms with Crippen LogP contribution in [0.1, 0.15) is 18.5 Å². The van der Waals surface area contributed by atoms with Crippen molar-refractivity contribution in [2.24, 2.45) is 0 Å². The third-order valence-electron chi connectivity index (χ3n) is 1.54. The lowest BCUT2D eigenvalue weighted by Gasteiger charge is -2.08. The Kier molecular flexibility index (Phi) is 2.57. The predicted octanol–water partition coefficient (Wildman–Crippen LogP) is 1.87. The van der Waals surface area contributed by atoms with Crippen LogP contribution in [0.3, 0.4) is 0 Å². The van der Waals surface area contributed by atoms with Gasteiger partial charge >= 0.3 is 0 Å². The van der Waals surface area contributed by atoms with Gasteiger partial charge in [-0.3, -0.25) is 0 Å². The first-order valence-corrected chi connectivity index (χ1v) is 3.39. The zero-order chi connectivity index (χ0) is 8.27. The molecule has 0 aliphatic rings. The number of hydroxylamine groups is 1. The topological polar surface area (TPSA) is 32.3 Å². The van der Waals surface area contributed by atoms with Crippen LogP contribution in [0.25, 0.3) is 0 Å². The van der Waals surface area contributed by atoms with E-state index in [0.717, 1.165) is 5.56 Å².